The number of anilines is 1. The van der Waals surface area contributed by atoms with E-state index in [9.17, 15) is 4.79 Å². The largest absolute Gasteiger partial charge is 0.447 e. The van der Waals surface area contributed by atoms with E-state index in [1.54, 1.807) is 18.7 Å². The topological polar surface area (TPSA) is 110 Å². The highest BCUT2D eigenvalue weighted by molar-refractivity contribution is 6.02. The Morgan fingerprint density at radius 2 is 1.90 bits per heavy atom. The van der Waals surface area contributed by atoms with Gasteiger partial charge in [0.2, 0.25) is 11.8 Å². The van der Waals surface area contributed by atoms with Crippen molar-refractivity contribution in [3.05, 3.63) is 67.0 Å². The summed E-state index contributed by atoms with van der Waals surface area (Å²) in [6.45, 7) is 0. The first-order chi connectivity index (χ1) is 15.2. The summed E-state index contributed by atoms with van der Waals surface area (Å²) < 4.78 is 5.35. The van der Waals surface area contributed by atoms with Gasteiger partial charge < -0.3 is 20.5 Å². The van der Waals surface area contributed by atoms with E-state index < -0.39 is 0 Å². The lowest BCUT2D eigenvalue weighted by Crippen LogP contribution is -2.31. The second-order valence-electron chi connectivity index (χ2n) is 8.17. The molecule has 1 amide bonds. The molecule has 31 heavy (non-hydrogen) atoms. The molecule has 3 aromatic heterocycles. The van der Waals surface area contributed by atoms with Gasteiger partial charge in [-0.3, -0.25) is 4.79 Å². The average Bonchev–Trinajstić information content (AvgIpc) is 3.50. The van der Waals surface area contributed by atoms with Gasteiger partial charge in [-0.25, -0.2) is 9.97 Å². The fraction of sp³-hybridized carbons (Fsp3) is 0.292. The average molecular weight is 415 g/mol. The number of oxazole rings is 1. The van der Waals surface area contributed by atoms with Crippen LogP contribution in [0.2, 0.25) is 0 Å². The van der Waals surface area contributed by atoms with Crippen LogP contribution in [-0.2, 0) is 4.79 Å². The second-order valence-corrected chi connectivity index (χ2v) is 8.17. The van der Waals surface area contributed by atoms with Gasteiger partial charge in [0.15, 0.2) is 0 Å². The van der Waals surface area contributed by atoms with E-state index in [-0.39, 0.29) is 23.8 Å². The maximum absolute atomic E-state index is 13.0. The Morgan fingerprint density at radius 3 is 2.65 bits per heavy atom. The van der Waals surface area contributed by atoms with Gasteiger partial charge in [0.05, 0.1) is 17.9 Å². The Kier molecular flexibility index (Phi) is 5.26. The summed E-state index contributed by atoms with van der Waals surface area (Å²) in [5, 5.41) is 4.04. The number of carbonyl (C=O) groups is 1. The third kappa shape index (κ3) is 3.96. The van der Waals surface area contributed by atoms with E-state index in [4.69, 9.17) is 10.2 Å². The van der Waals surface area contributed by atoms with Crippen molar-refractivity contribution in [2.45, 2.75) is 31.7 Å². The first-order valence-electron chi connectivity index (χ1n) is 10.7. The number of pyridine rings is 1. The van der Waals surface area contributed by atoms with Crippen molar-refractivity contribution < 1.29 is 9.21 Å². The number of benzene rings is 1. The standard InChI is InChI=1S/C24H25N5O2/c25-21(24-27-12-13-31-24)16-6-8-17(9-7-16)23(30)29-19-10-11-26-22-18(19)14-20(28-22)15-4-2-1-3-5-15/h1-5,10-14,16-17,21H,6-9,25H2,(H2,26,28,29,30)/t16-,17-,21?. The Bertz CT molecular complexity index is 1160. The lowest BCUT2D eigenvalue weighted by atomic mass is 9.78. The molecule has 1 fully saturated rings. The lowest BCUT2D eigenvalue weighted by Gasteiger charge is -2.30. The van der Waals surface area contributed by atoms with E-state index in [1.807, 2.05) is 42.5 Å². The zero-order valence-corrected chi connectivity index (χ0v) is 17.1. The maximum atomic E-state index is 13.0. The molecule has 1 aliphatic rings. The van der Waals surface area contributed by atoms with Crippen LogP contribution in [0, 0.1) is 11.8 Å². The molecule has 0 radical (unpaired) electrons. The Labute approximate surface area is 180 Å². The number of nitrogens with two attached hydrogens (primary N) is 1. The molecule has 1 saturated carbocycles. The molecule has 7 nitrogen and oxygen atoms in total. The molecule has 3 heterocycles. The van der Waals surface area contributed by atoms with Crippen molar-refractivity contribution >= 4 is 22.6 Å². The van der Waals surface area contributed by atoms with Gasteiger partial charge in [-0.15, -0.1) is 0 Å². The van der Waals surface area contributed by atoms with E-state index >= 15 is 0 Å². The Morgan fingerprint density at radius 1 is 1.10 bits per heavy atom. The lowest BCUT2D eigenvalue weighted by molar-refractivity contribution is -0.121. The minimum Gasteiger partial charge on any atom is -0.447 e. The molecular weight excluding hydrogens is 390 g/mol. The van der Waals surface area contributed by atoms with Crippen LogP contribution in [0.25, 0.3) is 22.3 Å². The number of nitrogens with one attached hydrogen (secondary N) is 2. The van der Waals surface area contributed by atoms with Crippen molar-refractivity contribution in [1.29, 1.82) is 0 Å². The Hall–Kier alpha value is -3.45. The van der Waals surface area contributed by atoms with Crippen LogP contribution in [0.4, 0.5) is 5.69 Å². The molecule has 5 rings (SSSR count). The third-order valence-corrected chi connectivity index (χ3v) is 6.26. The predicted molar refractivity (Wildman–Crippen MR) is 119 cm³/mol. The molecule has 4 aromatic rings. The highest BCUT2D eigenvalue weighted by Crippen LogP contribution is 2.36. The van der Waals surface area contributed by atoms with Crippen molar-refractivity contribution in [2.24, 2.45) is 17.6 Å². The molecule has 158 valence electrons. The SMILES string of the molecule is NC(c1ncco1)[C@H]1CC[C@H](C(=O)Nc2ccnc3[nH]c(-c4ccccc4)cc23)CC1. The number of fused-ring (bicyclic) bond motifs is 1. The van der Waals surface area contributed by atoms with Crippen LogP contribution in [0.15, 0.2) is 65.5 Å². The third-order valence-electron chi connectivity index (χ3n) is 6.26. The minimum absolute atomic E-state index is 0.0243. The molecule has 4 N–H and O–H groups in total. The van der Waals surface area contributed by atoms with Crippen molar-refractivity contribution in [3.8, 4) is 11.3 Å². The molecule has 0 bridgehead atoms. The van der Waals surface area contributed by atoms with Crippen LogP contribution in [0.3, 0.4) is 0 Å². The second kappa shape index (κ2) is 8.35. The normalized spacial score (nSPS) is 19.9. The quantitative estimate of drug-likeness (QED) is 0.439. The first kappa shape index (κ1) is 19.5. The van der Waals surface area contributed by atoms with E-state index in [1.165, 1.54) is 0 Å². The number of nitrogens with zero attached hydrogens (tertiary/aromatic N) is 2. The van der Waals surface area contributed by atoms with Crippen molar-refractivity contribution in [1.82, 2.24) is 15.0 Å². The van der Waals surface area contributed by atoms with Gasteiger partial charge in [-0.1, -0.05) is 30.3 Å². The summed E-state index contributed by atoms with van der Waals surface area (Å²) >= 11 is 0. The van der Waals surface area contributed by atoms with Crippen LogP contribution < -0.4 is 11.1 Å². The Balaban J connectivity index is 1.27. The summed E-state index contributed by atoms with van der Waals surface area (Å²) in [5.41, 5.74) is 9.91. The van der Waals surface area contributed by atoms with E-state index in [0.717, 1.165) is 53.7 Å². The van der Waals surface area contributed by atoms with Crippen molar-refractivity contribution in [3.63, 3.8) is 0 Å². The highest BCUT2D eigenvalue weighted by atomic mass is 16.3. The molecule has 1 unspecified atom stereocenters. The minimum atomic E-state index is -0.213. The van der Waals surface area contributed by atoms with Gasteiger partial charge in [0.25, 0.3) is 0 Å². The van der Waals surface area contributed by atoms with E-state index in [2.05, 4.69) is 20.3 Å². The molecule has 1 aromatic carbocycles. The predicted octanol–water partition coefficient (Wildman–Crippen LogP) is 4.66. The zero-order chi connectivity index (χ0) is 21.2. The summed E-state index contributed by atoms with van der Waals surface area (Å²) in [7, 11) is 0. The summed E-state index contributed by atoms with van der Waals surface area (Å²) in [6, 6.07) is 13.8. The van der Waals surface area contributed by atoms with Crippen molar-refractivity contribution in [2.75, 3.05) is 5.32 Å². The first-order valence-corrected chi connectivity index (χ1v) is 10.7. The number of carbonyl (C=O) groups excluding carboxylic acids is 1. The number of H-pyrrole nitrogens is 1. The monoisotopic (exact) mass is 415 g/mol. The van der Waals surface area contributed by atoms with Crippen LogP contribution in [0.5, 0.6) is 0 Å². The fourth-order valence-electron chi connectivity index (χ4n) is 4.49. The molecule has 0 spiro atoms. The van der Waals surface area contributed by atoms with Gasteiger partial charge in [0, 0.05) is 23.2 Å². The highest BCUT2D eigenvalue weighted by Gasteiger charge is 2.31. The van der Waals surface area contributed by atoms with Gasteiger partial charge in [0.1, 0.15) is 11.9 Å². The fourth-order valence-corrected chi connectivity index (χ4v) is 4.49. The molecule has 7 heteroatoms. The van der Waals surface area contributed by atoms with E-state index in [0.29, 0.717) is 5.89 Å². The molecule has 1 atom stereocenters. The smallest absolute Gasteiger partial charge is 0.227 e. The number of hydrogen-bond donors (Lipinski definition) is 3. The zero-order valence-electron chi connectivity index (χ0n) is 17.1. The molecule has 0 saturated heterocycles. The number of amides is 1. The van der Waals surface area contributed by atoms with Gasteiger partial charge in [-0.2, -0.15) is 0 Å². The van der Waals surface area contributed by atoms with Gasteiger partial charge in [-0.05, 0) is 49.3 Å². The van der Waals surface area contributed by atoms with Crippen LogP contribution in [0.1, 0.15) is 37.6 Å². The summed E-state index contributed by atoms with van der Waals surface area (Å²) in [5.74, 6) is 0.893. The number of hydrogen-bond acceptors (Lipinski definition) is 5. The molecule has 0 aliphatic heterocycles. The molecule has 1 aliphatic carbocycles. The van der Waals surface area contributed by atoms with Crippen LogP contribution in [-0.4, -0.2) is 20.9 Å². The maximum Gasteiger partial charge on any atom is 0.227 e. The summed E-state index contributed by atoms with van der Waals surface area (Å²) in [4.78, 5) is 24.9. The van der Waals surface area contributed by atoms with Crippen LogP contribution >= 0.6 is 0 Å². The molecular formula is C24H25N5O2. The number of aromatic nitrogens is 3. The number of rotatable bonds is 5. The number of aromatic amines is 1. The summed E-state index contributed by atoms with van der Waals surface area (Å²) in [6.07, 6.45) is 8.27. The van der Waals surface area contributed by atoms with Gasteiger partial charge >= 0.3 is 0 Å².